The van der Waals surface area contributed by atoms with Gasteiger partial charge in [-0.15, -0.1) is 0 Å². The van der Waals surface area contributed by atoms with Crippen LogP contribution in [0.1, 0.15) is 31.7 Å². The van der Waals surface area contributed by atoms with Gasteiger partial charge < -0.3 is 0 Å². The molecule has 0 unspecified atom stereocenters. The van der Waals surface area contributed by atoms with Crippen molar-refractivity contribution in [2.75, 3.05) is 0 Å². The van der Waals surface area contributed by atoms with Crippen molar-refractivity contribution in [1.82, 2.24) is 0 Å². The molecule has 0 fully saturated rings. The van der Waals surface area contributed by atoms with Gasteiger partial charge in [0.2, 0.25) is 0 Å². The van der Waals surface area contributed by atoms with Crippen molar-refractivity contribution < 1.29 is 0 Å². The minimum absolute atomic E-state index is 1.000. The first-order valence-corrected chi connectivity index (χ1v) is 6.05. The summed E-state index contributed by atoms with van der Waals surface area (Å²) in [6, 6.07) is 10.5. The Bertz CT molecular complexity index is 292. The van der Waals surface area contributed by atoms with Crippen LogP contribution in [0.5, 0.6) is 0 Å². The van der Waals surface area contributed by atoms with Gasteiger partial charge in [0.15, 0.2) is 0 Å². The third kappa shape index (κ3) is 4.99. The van der Waals surface area contributed by atoms with Crippen LogP contribution in [0.15, 0.2) is 30.3 Å². The van der Waals surface area contributed by atoms with Crippen molar-refractivity contribution in [3.05, 3.63) is 35.9 Å². The van der Waals surface area contributed by atoms with Crippen LogP contribution in [0, 0.1) is 11.2 Å². The molecule has 0 heterocycles. The summed E-state index contributed by atoms with van der Waals surface area (Å²) in [5.41, 5.74) is 1.35. The van der Waals surface area contributed by atoms with E-state index >= 15 is 0 Å². The summed E-state index contributed by atoms with van der Waals surface area (Å²) in [6.45, 7) is 2.19. The van der Waals surface area contributed by atoms with Gasteiger partial charge in [-0.1, -0.05) is 61.4 Å². The van der Waals surface area contributed by atoms with E-state index in [1.165, 1.54) is 18.4 Å². The summed E-state index contributed by atoms with van der Waals surface area (Å²) in [4.78, 5) is 0. The highest BCUT2D eigenvalue weighted by molar-refractivity contribution is 8.03. The maximum Gasteiger partial charge on any atom is 0.0308 e. The highest BCUT2D eigenvalue weighted by Crippen LogP contribution is 2.09. The van der Waals surface area contributed by atoms with Crippen molar-refractivity contribution in [1.29, 1.82) is 0 Å². The van der Waals surface area contributed by atoms with Crippen LogP contribution < -0.4 is 0 Å². The molecule has 0 nitrogen and oxygen atoms in total. The molecule has 1 heteroatoms. The van der Waals surface area contributed by atoms with Crippen molar-refractivity contribution in [3.8, 4) is 11.2 Å². The van der Waals surface area contributed by atoms with Gasteiger partial charge in [-0.3, -0.25) is 0 Å². The van der Waals surface area contributed by atoms with Crippen molar-refractivity contribution in [2.24, 2.45) is 0 Å². The largest absolute Gasteiger partial charge is 0.0913 e. The minimum Gasteiger partial charge on any atom is -0.0913 e. The molecule has 0 aromatic heterocycles. The monoisotopic (exact) mass is 204 g/mol. The molecule has 1 aromatic carbocycles. The van der Waals surface area contributed by atoms with Crippen molar-refractivity contribution in [2.45, 2.75) is 31.9 Å². The average molecular weight is 204 g/mol. The first-order chi connectivity index (χ1) is 6.93. The van der Waals surface area contributed by atoms with Gasteiger partial charge in [-0.25, -0.2) is 0 Å². The second-order valence-electron chi connectivity index (χ2n) is 3.16. The molecule has 0 aliphatic carbocycles. The lowest BCUT2D eigenvalue weighted by Crippen LogP contribution is -1.75. The van der Waals surface area contributed by atoms with E-state index in [9.17, 15) is 0 Å². The van der Waals surface area contributed by atoms with E-state index in [0.717, 1.165) is 12.2 Å². The van der Waals surface area contributed by atoms with Crippen LogP contribution in [0.2, 0.25) is 0 Å². The molecule has 0 aliphatic rings. The van der Waals surface area contributed by atoms with Gasteiger partial charge in [-0.2, -0.15) is 0 Å². The molecule has 0 radical (unpaired) electrons. The molecule has 0 bridgehead atoms. The van der Waals surface area contributed by atoms with Gasteiger partial charge in [0.1, 0.15) is 0 Å². The molecule has 0 saturated heterocycles. The molecule has 1 rings (SSSR count). The fraction of sp³-hybridized carbons (Fsp3) is 0.385. The highest BCUT2D eigenvalue weighted by Gasteiger charge is 1.87. The van der Waals surface area contributed by atoms with Crippen LogP contribution >= 0.6 is 11.8 Å². The molecule has 0 spiro atoms. The second kappa shape index (κ2) is 7.53. The molecular formula is C13H16S. The third-order valence-corrected chi connectivity index (χ3v) is 2.65. The highest BCUT2D eigenvalue weighted by atomic mass is 32.2. The Balaban J connectivity index is 2.17. The zero-order valence-electron chi connectivity index (χ0n) is 8.62. The number of hydrogen-bond donors (Lipinski definition) is 0. The van der Waals surface area contributed by atoms with Crippen molar-refractivity contribution >= 4 is 11.8 Å². The Labute approximate surface area is 91.1 Å². The predicted molar refractivity (Wildman–Crippen MR) is 65.0 cm³/mol. The predicted octanol–water partition coefficient (Wildman–Crippen LogP) is 4.07. The molecule has 14 heavy (non-hydrogen) atoms. The lowest BCUT2D eigenvalue weighted by Gasteiger charge is -1.93. The molecule has 1 aromatic rings. The zero-order chi connectivity index (χ0) is 10.1. The van der Waals surface area contributed by atoms with Crippen LogP contribution in [0.25, 0.3) is 0 Å². The number of benzene rings is 1. The summed E-state index contributed by atoms with van der Waals surface area (Å²) in [6.07, 6.45) is 3.50. The standard InChI is InChI=1S/C13H16S/c1-2-3-4-8-11-14-12-13-9-6-5-7-10-13/h5-7,9-10H,2-4,12H2,1H3. The van der Waals surface area contributed by atoms with Gasteiger partial charge in [0.05, 0.1) is 0 Å². The normalized spacial score (nSPS) is 9.21. The van der Waals surface area contributed by atoms with Gasteiger partial charge in [-0.05, 0) is 17.2 Å². The van der Waals surface area contributed by atoms with E-state index in [1.54, 1.807) is 11.8 Å². The van der Waals surface area contributed by atoms with E-state index < -0.39 is 0 Å². The summed E-state index contributed by atoms with van der Waals surface area (Å²) in [5, 5.41) is 3.14. The van der Waals surface area contributed by atoms with E-state index in [2.05, 4.69) is 42.4 Å². The summed E-state index contributed by atoms with van der Waals surface area (Å²) in [7, 11) is 0. The summed E-state index contributed by atoms with van der Waals surface area (Å²) < 4.78 is 0. The van der Waals surface area contributed by atoms with E-state index in [1.807, 2.05) is 6.07 Å². The Kier molecular flexibility index (Phi) is 6.02. The molecule has 0 saturated carbocycles. The molecule has 0 atom stereocenters. The Morgan fingerprint density at radius 2 is 2.00 bits per heavy atom. The Hall–Kier alpha value is -0.870. The zero-order valence-corrected chi connectivity index (χ0v) is 9.44. The number of hydrogen-bond acceptors (Lipinski definition) is 1. The van der Waals surface area contributed by atoms with Crippen LogP contribution in [0.3, 0.4) is 0 Å². The molecule has 0 N–H and O–H groups in total. The maximum absolute atomic E-state index is 3.17. The third-order valence-electron chi connectivity index (χ3n) is 1.88. The summed E-state index contributed by atoms with van der Waals surface area (Å²) >= 11 is 1.70. The first kappa shape index (κ1) is 11.2. The second-order valence-corrected chi connectivity index (χ2v) is 3.94. The van der Waals surface area contributed by atoms with Crippen molar-refractivity contribution in [3.63, 3.8) is 0 Å². The first-order valence-electron chi connectivity index (χ1n) is 5.07. The topological polar surface area (TPSA) is 0 Å². The van der Waals surface area contributed by atoms with Crippen LogP contribution in [0.4, 0.5) is 0 Å². The average Bonchev–Trinajstić information content (AvgIpc) is 2.25. The fourth-order valence-electron chi connectivity index (χ4n) is 1.06. The SMILES string of the molecule is CCCCC#CSCc1ccccc1. The van der Waals surface area contributed by atoms with Crippen LogP contribution in [-0.2, 0) is 5.75 Å². The lowest BCUT2D eigenvalue weighted by atomic mass is 10.2. The smallest absolute Gasteiger partial charge is 0.0308 e. The van der Waals surface area contributed by atoms with E-state index in [0.29, 0.717) is 0 Å². The van der Waals surface area contributed by atoms with Gasteiger partial charge in [0, 0.05) is 12.2 Å². The Morgan fingerprint density at radius 1 is 1.21 bits per heavy atom. The number of rotatable bonds is 4. The molecule has 0 amide bonds. The van der Waals surface area contributed by atoms with Gasteiger partial charge in [0.25, 0.3) is 0 Å². The minimum atomic E-state index is 1.000. The quantitative estimate of drug-likeness (QED) is 0.526. The van der Waals surface area contributed by atoms with E-state index in [-0.39, 0.29) is 0 Å². The molecular weight excluding hydrogens is 188 g/mol. The lowest BCUT2D eigenvalue weighted by molar-refractivity contribution is 0.828. The fourth-order valence-corrected chi connectivity index (χ4v) is 1.70. The molecule has 74 valence electrons. The van der Waals surface area contributed by atoms with E-state index in [4.69, 9.17) is 0 Å². The molecule has 0 aliphatic heterocycles. The number of thioether (sulfide) groups is 1. The Morgan fingerprint density at radius 3 is 2.71 bits per heavy atom. The van der Waals surface area contributed by atoms with Crippen LogP contribution in [-0.4, -0.2) is 0 Å². The van der Waals surface area contributed by atoms with Gasteiger partial charge >= 0.3 is 0 Å². The summed E-state index contributed by atoms with van der Waals surface area (Å²) in [5.74, 6) is 4.17. The maximum atomic E-state index is 3.17. The number of unbranched alkanes of at least 4 members (excludes halogenated alkanes) is 2.